The summed E-state index contributed by atoms with van der Waals surface area (Å²) in [5.41, 5.74) is 0. The fourth-order valence-corrected chi connectivity index (χ4v) is 6.67. The summed E-state index contributed by atoms with van der Waals surface area (Å²) in [5, 5.41) is -0.0985. The topological polar surface area (TPSA) is 26.3 Å². The third-order valence-electron chi connectivity index (χ3n) is 3.38. The van der Waals surface area contributed by atoms with E-state index in [1.54, 1.807) is 0 Å². The fraction of sp³-hybridized carbons (Fsp3) is 0.600. The van der Waals surface area contributed by atoms with E-state index in [-0.39, 0.29) is 57.2 Å². The van der Waals surface area contributed by atoms with Crippen LogP contribution in [0, 0.1) is 0 Å². The van der Waals surface area contributed by atoms with Gasteiger partial charge in [-0.15, -0.1) is 0 Å². The zero-order chi connectivity index (χ0) is 14.0. The van der Waals surface area contributed by atoms with Gasteiger partial charge in [0.15, 0.2) is 0 Å². The largest absolute Gasteiger partial charge is 2.00 e. The van der Waals surface area contributed by atoms with Gasteiger partial charge in [0, 0.05) is 10.5 Å². The summed E-state index contributed by atoms with van der Waals surface area (Å²) in [6.45, 7) is 11.9. The standard InChI is InChI=1S/C15H26O2S.Ca.2H/c1-12(2)17-18(16,13(3)4,14(5)6)15-10-8-7-9-11-15;;;/h7-14H,1-6H3;;;/q;+2;2*-1. The molecule has 0 radical (unpaired) electrons. The summed E-state index contributed by atoms with van der Waals surface area (Å²) in [6, 6.07) is 9.65. The molecule has 19 heavy (non-hydrogen) atoms. The second kappa shape index (κ2) is 7.04. The van der Waals surface area contributed by atoms with Gasteiger partial charge in [-0.25, -0.2) is 4.21 Å². The normalized spacial score (nSPS) is 14.3. The molecule has 0 spiro atoms. The summed E-state index contributed by atoms with van der Waals surface area (Å²) in [5.74, 6) is 0. The molecule has 2 nitrogen and oxygen atoms in total. The maximum Gasteiger partial charge on any atom is 2.00 e. The Balaban J connectivity index is -0.00000108. The molecule has 0 saturated heterocycles. The van der Waals surface area contributed by atoms with E-state index in [4.69, 9.17) is 4.18 Å². The molecule has 0 aliphatic rings. The zero-order valence-electron chi connectivity index (χ0n) is 15.1. The molecule has 0 fully saturated rings. The zero-order valence-corrected chi connectivity index (χ0v) is 16.1. The van der Waals surface area contributed by atoms with Gasteiger partial charge >= 0.3 is 37.7 Å². The van der Waals surface area contributed by atoms with Gasteiger partial charge in [0.1, 0.15) is 0 Å². The molecule has 108 valence electrons. The smallest absolute Gasteiger partial charge is 1.00 e. The first kappa shape index (κ1) is 19.6. The number of rotatable bonds is 5. The summed E-state index contributed by atoms with van der Waals surface area (Å²) in [4.78, 5) is 0.827. The van der Waals surface area contributed by atoms with Crippen LogP contribution in [0.4, 0.5) is 0 Å². The van der Waals surface area contributed by atoms with Crippen molar-refractivity contribution < 1.29 is 11.2 Å². The molecular weight excluding hydrogens is 284 g/mol. The van der Waals surface area contributed by atoms with E-state index in [1.165, 1.54) is 0 Å². The van der Waals surface area contributed by atoms with Gasteiger partial charge in [-0.05, 0) is 53.7 Å². The van der Waals surface area contributed by atoms with Crippen molar-refractivity contribution in [3.63, 3.8) is 0 Å². The number of benzene rings is 1. The first-order chi connectivity index (χ1) is 8.23. The molecule has 1 aromatic rings. The van der Waals surface area contributed by atoms with E-state index in [1.807, 2.05) is 71.9 Å². The van der Waals surface area contributed by atoms with Crippen LogP contribution in [0.3, 0.4) is 0 Å². The van der Waals surface area contributed by atoms with Gasteiger partial charge in [0.2, 0.25) is 0 Å². The quantitative estimate of drug-likeness (QED) is 0.772. The van der Waals surface area contributed by atoms with Gasteiger partial charge in [-0.2, -0.15) is 9.35 Å². The number of hydrogen-bond donors (Lipinski definition) is 0. The van der Waals surface area contributed by atoms with Crippen LogP contribution in [0.2, 0.25) is 0 Å². The van der Waals surface area contributed by atoms with Crippen molar-refractivity contribution >= 4 is 47.1 Å². The van der Waals surface area contributed by atoms with Gasteiger partial charge in [0.25, 0.3) is 0 Å². The second-order valence-electron chi connectivity index (χ2n) is 5.55. The molecule has 0 aliphatic carbocycles. The van der Waals surface area contributed by atoms with Crippen LogP contribution in [0.15, 0.2) is 35.2 Å². The Bertz CT molecular complexity index is 450. The van der Waals surface area contributed by atoms with Crippen molar-refractivity contribution in [2.24, 2.45) is 0 Å². The minimum Gasteiger partial charge on any atom is -1.00 e. The van der Waals surface area contributed by atoms with Crippen LogP contribution in [-0.4, -0.2) is 58.6 Å². The Kier molecular flexibility index (Phi) is 7.26. The maximum atomic E-state index is 14.0. The van der Waals surface area contributed by atoms with Gasteiger partial charge in [0.05, 0.1) is 11.0 Å². The predicted molar refractivity (Wildman–Crippen MR) is 87.3 cm³/mol. The molecule has 0 N–H and O–H groups in total. The molecule has 0 aliphatic heterocycles. The van der Waals surface area contributed by atoms with Crippen LogP contribution in [0.1, 0.15) is 44.4 Å². The van der Waals surface area contributed by atoms with Crippen molar-refractivity contribution in [3.8, 4) is 0 Å². The van der Waals surface area contributed by atoms with Crippen molar-refractivity contribution in [1.29, 1.82) is 0 Å². The molecule has 0 heterocycles. The molecule has 0 unspecified atom stereocenters. The molecule has 0 aromatic heterocycles. The molecule has 0 bridgehead atoms. The second-order valence-corrected chi connectivity index (χ2v) is 10.1. The van der Waals surface area contributed by atoms with Crippen LogP contribution >= 0.6 is 0 Å². The van der Waals surface area contributed by atoms with Crippen LogP contribution < -0.4 is 0 Å². The summed E-state index contributed by atoms with van der Waals surface area (Å²) < 4.78 is 20.1. The Labute approximate surface area is 150 Å². The van der Waals surface area contributed by atoms with E-state index >= 15 is 0 Å². The van der Waals surface area contributed by atoms with Crippen molar-refractivity contribution in [2.75, 3.05) is 0 Å². The number of hydrogen-bond acceptors (Lipinski definition) is 2. The SMILES string of the molecule is CC(C)OS(=O)(c1ccccc1)(C(C)C)C(C)C.[Ca+2].[H-].[H-]. The Morgan fingerprint density at radius 1 is 0.947 bits per heavy atom. The van der Waals surface area contributed by atoms with E-state index in [2.05, 4.69) is 0 Å². The minimum absolute atomic E-state index is 0. The van der Waals surface area contributed by atoms with E-state index in [0.29, 0.717) is 0 Å². The van der Waals surface area contributed by atoms with Crippen LogP contribution in [0.25, 0.3) is 0 Å². The van der Waals surface area contributed by atoms with Crippen molar-refractivity contribution in [2.45, 2.75) is 63.0 Å². The van der Waals surface area contributed by atoms with Crippen LogP contribution in [0.5, 0.6) is 0 Å². The Hall–Kier alpha value is 0.590. The van der Waals surface area contributed by atoms with E-state index in [9.17, 15) is 4.21 Å². The van der Waals surface area contributed by atoms with E-state index < -0.39 is 9.35 Å². The minimum atomic E-state index is -3.34. The average Bonchev–Trinajstić information content (AvgIpc) is 2.28. The fourth-order valence-electron chi connectivity index (χ4n) is 2.45. The Morgan fingerprint density at radius 3 is 1.68 bits per heavy atom. The Morgan fingerprint density at radius 2 is 1.37 bits per heavy atom. The molecule has 0 atom stereocenters. The molecule has 0 amide bonds. The molecule has 1 rings (SSSR count). The van der Waals surface area contributed by atoms with Crippen LogP contribution in [-0.2, 0) is 13.5 Å². The summed E-state index contributed by atoms with van der Waals surface area (Å²) >= 11 is 0. The summed E-state index contributed by atoms with van der Waals surface area (Å²) in [6.07, 6.45) is -0.0606. The monoisotopic (exact) mass is 312 g/mol. The third kappa shape index (κ3) is 3.44. The molecular formula is C15H28CaO2S. The van der Waals surface area contributed by atoms with E-state index in [0.717, 1.165) is 4.90 Å². The first-order valence-corrected chi connectivity index (χ1v) is 8.64. The van der Waals surface area contributed by atoms with Crippen molar-refractivity contribution in [3.05, 3.63) is 30.3 Å². The van der Waals surface area contributed by atoms with Gasteiger partial charge in [-0.1, -0.05) is 18.2 Å². The van der Waals surface area contributed by atoms with Gasteiger partial charge in [-0.3, -0.25) is 4.18 Å². The average molecular weight is 313 g/mol. The maximum absolute atomic E-state index is 14.0. The predicted octanol–water partition coefficient (Wildman–Crippen LogP) is 3.87. The summed E-state index contributed by atoms with van der Waals surface area (Å²) in [7, 11) is -3.34. The first-order valence-electron chi connectivity index (χ1n) is 6.62. The third-order valence-corrected chi connectivity index (χ3v) is 8.94. The molecule has 4 heteroatoms. The van der Waals surface area contributed by atoms with Crippen molar-refractivity contribution in [1.82, 2.24) is 0 Å². The molecule has 1 aromatic carbocycles. The molecule has 0 saturated carbocycles. The van der Waals surface area contributed by atoms with Gasteiger partial charge < -0.3 is 2.85 Å².